The number of ether oxygens (including phenoxy) is 2. The summed E-state index contributed by atoms with van der Waals surface area (Å²) in [6.45, 7) is 5.17. The molecule has 1 aromatic carbocycles. The van der Waals surface area contributed by atoms with Gasteiger partial charge in [0.2, 0.25) is 0 Å². The van der Waals surface area contributed by atoms with E-state index in [-0.39, 0.29) is 6.04 Å². The summed E-state index contributed by atoms with van der Waals surface area (Å²) in [5.74, 6) is 0.875. The normalized spacial score (nSPS) is 12.5. The lowest BCUT2D eigenvalue weighted by Gasteiger charge is -2.17. The van der Waals surface area contributed by atoms with Crippen molar-refractivity contribution in [3.63, 3.8) is 0 Å². The van der Waals surface area contributed by atoms with Gasteiger partial charge in [-0.25, -0.2) is 0 Å². The van der Waals surface area contributed by atoms with Crippen LogP contribution in [-0.2, 0) is 9.57 Å². The maximum Gasteiger partial charge on any atom is 0.123 e. The summed E-state index contributed by atoms with van der Waals surface area (Å²) in [7, 11) is 3.33. The second-order valence-electron chi connectivity index (χ2n) is 3.93. The fourth-order valence-corrected chi connectivity index (χ4v) is 1.55. The molecule has 0 aliphatic carbocycles. The van der Waals surface area contributed by atoms with Crippen molar-refractivity contribution in [2.24, 2.45) is 0 Å². The summed E-state index contributed by atoms with van der Waals surface area (Å²) in [4.78, 5) is 5.29. The SMILES string of the molecule is COCCONC(C)c1ccc(C)cc1OC. The number of nitrogens with one attached hydrogen (secondary N) is 1. The zero-order valence-corrected chi connectivity index (χ0v) is 10.9. The summed E-state index contributed by atoms with van der Waals surface area (Å²) in [5.41, 5.74) is 5.23. The number of hydroxylamine groups is 1. The molecular weight excluding hydrogens is 218 g/mol. The van der Waals surface area contributed by atoms with Gasteiger partial charge in [-0.2, -0.15) is 5.48 Å². The fourth-order valence-electron chi connectivity index (χ4n) is 1.55. The Bertz CT molecular complexity index is 341. The van der Waals surface area contributed by atoms with Crippen LogP contribution in [0.15, 0.2) is 18.2 Å². The molecule has 4 nitrogen and oxygen atoms in total. The van der Waals surface area contributed by atoms with Gasteiger partial charge in [-0.15, -0.1) is 0 Å². The molecule has 0 aliphatic rings. The van der Waals surface area contributed by atoms with Crippen LogP contribution >= 0.6 is 0 Å². The van der Waals surface area contributed by atoms with Gasteiger partial charge in [-0.3, -0.25) is 4.84 Å². The summed E-state index contributed by atoms with van der Waals surface area (Å²) in [5, 5.41) is 0. The molecule has 0 radical (unpaired) electrons. The second kappa shape index (κ2) is 7.27. The molecule has 4 heteroatoms. The molecule has 96 valence electrons. The molecule has 1 N–H and O–H groups in total. The maximum absolute atomic E-state index is 5.35. The highest BCUT2D eigenvalue weighted by atomic mass is 16.7. The average Bonchev–Trinajstić information content (AvgIpc) is 2.34. The van der Waals surface area contributed by atoms with Gasteiger partial charge < -0.3 is 9.47 Å². The van der Waals surface area contributed by atoms with Crippen molar-refractivity contribution < 1.29 is 14.3 Å². The molecule has 0 fully saturated rings. The smallest absolute Gasteiger partial charge is 0.123 e. The van der Waals surface area contributed by atoms with Crippen LogP contribution in [0, 0.1) is 6.92 Å². The van der Waals surface area contributed by atoms with Gasteiger partial charge in [0, 0.05) is 12.7 Å². The minimum Gasteiger partial charge on any atom is -0.496 e. The van der Waals surface area contributed by atoms with E-state index in [0.717, 1.165) is 11.3 Å². The van der Waals surface area contributed by atoms with Crippen LogP contribution in [0.2, 0.25) is 0 Å². The van der Waals surface area contributed by atoms with Crippen LogP contribution in [0.4, 0.5) is 0 Å². The van der Waals surface area contributed by atoms with E-state index in [2.05, 4.69) is 11.5 Å². The topological polar surface area (TPSA) is 39.7 Å². The molecule has 0 spiro atoms. The van der Waals surface area contributed by atoms with E-state index < -0.39 is 0 Å². The van der Waals surface area contributed by atoms with Crippen molar-refractivity contribution in [3.05, 3.63) is 29.3 Å². The Labute approximate surface area is 103 Å². The van der Waals surface area contributed by atoms with E-state index in [1.807, 2.05) is 26.0 Å². The number of benzene rings is 1. The van der Waals surface area contributed by atoms with E-state index in [1.165, 1.54) is 5.56 Å². The monoisotopic (exact) mass is 239 g/mol. The zero-order chi connectivity index (χ0) is 12.7. The van der Waals surface area contributed by atoms with Crippen LogP contribution in [0.5, 0.6) is 5.75 Å². The highest BCUT2D eigenvalue weighted by molar-refractivity contribution is 5.38. The number of hydrogen-bond acceptors (Lipinski definition) is 4. The number of hydrogen-bond donors (Lipinski definition) is 1. The summed E-state index contributed by atoms with van der Waals surface area (Å²) in [6.07, 6.45) is 0. The Kier molecular flexibility index (Phi) is 5.97. The van der Waals surface area contributed by atoms with Crippen molar-refractivity contribution in [2.45, 2.75) is 19.9 Å². The Morgan fingerprint density at radius 2 is 2.00 bits per heavy atom. The van der Waals surface area contributed by atoms with Gasteiger partial charge in [-0.1, -0.05) is 12.1 Å². The molecule has 1 atom stereocenters. The predicted molar refractivity (Wildman–Crippen MR) is 67.1 cm³/mol. The van der Waals surface area contributed by atoms with Crippen LogP contribution in [0.1, 0.15) is 24.1 Å². The zero-order valence-electron chi connectivity index (χ0n) is 10.9. The van der Waals surface area contributed by atoms with Gasteiger partial charge in [0.1, 0.15) is 5.75 Å². The van der Waals surface area contributed by atoms with Crippen molar-refractivity contribution in [3.8, 4) is 5.75 Å². The first-order chi connectivity index (χ1) is 8.19. The number of rotatable bonds is 7. The first-order valence-corrected chi connectivity index (χ1v) is 5.69. The molecular formula is C13H21NO3. The predicted octanol–water partition coefficient (Wildman–Crippen LogP) is 2.23. The van der Waals surface area contributed by atoms with Gasteiger partial charge in [0.05, 0.1) is 26.4 Å². The van der Waals surface area contributed by atoms with Gasteiger partial charge in [0.25, 0.3) is 0 Å². The lowest BCUT2D eigenvalue weighted by atomic mass is 10.1. The second-order valence-corrected chi connectivity index (χ2v) is 3.93. The largest absolute Gasteiger partial charge is 0.496 e. The third kappa shape index (κ3) is 4.34. The first kappa shape index (κ1) is 14.0. The third-order valence-electron chi connectivity index (χ3n) is 2.51. The molecule has 0 saturated heterocycles. The first-order valence-electron chi connectivity index (χ1n) is 5.69. The van der Waals surface area contributed by atoms with Crippen molar-refractivity contribution in [1.29, 1.82) is 0 Å². The van der Waals surface area contributed by atoms with E-state index in [0.29, 0.717) is 13.2 Å². The Morgan fingerprint density at radius 1 is 1.24 bits per heavy atom. The standard InChI is InChI=1S/C13H21NO3/c1-10-5-6-12(13(9-10)16-4)11(2)14-17-8-7-15-3/h5-6,9,11,14H,7-8H2,1-4H3. The van der Waals surface area contributed by atoms with E-state index >= 15 is 0 Å². The van der Waals surface area contributed by atoms with E-state index in [4.69, 9.17) is 14.3 Å². The van der Waals surface area contributed by atoms with E-state index in [9.17, 15) is 0 Å². The summed E-state index contributed by atoms with van der Waals surface area (Å²) < 4.78 is 10.3. The number of methoxy groups -OCH3 is 2. The van der Waals surface area contributed by atoms with Crippen molar-refractivity contribution in [1.82, 2.24) is 5.48 Å². The minimum absolute atomic E-state index is 0.0717. The molecule has 1 aromatic rings. The summed E-state index contributed by atoms with van der Waals surface area (Å²) in [6, 6.07) is 6.20. The molecule has 1 unspecified atom stereocenters. The highest BCUT2D eigenvalue weighted by Gasteiger charge is 2.11. The molecule has 0 amide bonds. The minimum atomic E-state index is 0.0717. The Hall–Kier alpha value is -1.10. The lowest BCUT2D eigenvalue weighted by Crippen LogP contribution is -2.21. The van der Waals surface area contributed by atoms with Crippen molar-refractivity contribution in [2.75, 3.05) is 27.4 Å². The maximum atomic E-state index is 5.35. The quantitative estimate of drug-likeness (QED) is 0.585. The van der Waals surface area contributed by atoms with Gasteiger partial charge in [-0.05, 0) is 25.5 Å². The van der Waals surface area contributed by atoms with Crippen LogP contribution in [-0.4, -0.2) is 27.4 Å². The van der Waals surface area contributed by atoms with Crippen LogP contribution < -0.4 is 10.2 Å². The van der Waals surface area contributed by atoms with E-state index in [1.54, 1.807) is 14.2 Å². The molecule has 1 rings (SSSR count). The number of aryl methyl sites for hydroxylation is 1. The van der Waals surface area contributed by atoms with Crippen molar-refractivity contribution >= 4 is 0 Å². The summed E-state index contributed by atoms with van der Waals surface area (Å²) >= 11 is 0. The molecule has 0 bridgehead atoms. The van der Waals surface area contributed by atoms with Crippen LogP contribution in [0.25, 0.3) is 0 Å². The molecule has 0 aromatic heterocycles. The highest BCUT2D eigenvalue weighted by Crippen LogP contribution is 2.25. The molecule has 0 heterocycles. The molecule has 0 saturated carbocycles. The van der Waals surface area contributed by atoms with Gasteiger partial charge >= 0.3 is 0 Å². The average molecular weight is 239 g/mol. The molecule has 17 heavy (non-hydrogen) atoms. The Morgan fingerprint density at radius 3 is 2.65 bits per heavy atom. The lowest BCUT2D eigenvalue weighted by molar-refractivity contribution is -0.00957. The van der Waals surface area contributed by atoms with Gasteiger partial charge in [0.15, 0.2) is 0 Å². The van der Waals surface area contributed by atoms with Crippen LogP contribution in [0.3, 0.4) is 0 Å². The third-order valence-corrected chi connectivity index (χ3v) is 2.51. The molecule has 0 aliphatic heterocycles. The Balaban J connectivity index is 2.58. The fraction of sp³-hybridized carbons (Fsp3) is 0.538.